The van der Waals surface area contributed by atoms with E-state index in [4.69, 9.17) is 27.9 Å². The van der Waals surface area contributed by atoms with Gasteiger partial charge in [0, 0.05) is 20.7 Å². The third-order valence-electron chi connectivity index (χ3n) is 1.92. The van der Waals surface area contributed by atoms with Crippen LogP contribution in [0.3, 0.4) is 0 Å². The molecule has 0 bridgehead atoms. The van der Waals surface area contributed by atoms with E-state index < -0.39 is 0 Å². The number of hydrogen-bond acceptors (Lipinski definition) is 6. The topological polar surface area (TPSA) is 80.2 Å². The lowest BCUT2D eigenvalue weighted by Crippen LogP contribution is -2.37. The van der Waals surface area contributed by atoms with Gasteiger partial charge in [0.2, 0.25) is 22.4 Å². The van der Waals surface area contributed by atoms with Crippen molar-refractivity contribution in [2.75, 3.05) is 38.8 Å². The second-order valence-electron chi connectivity index (χ2n) is 3.37. The van der Waals surface area contributed by atoms with Gasteiger partial charge in [-0.25, -0.2) is 0 Å². The number of carbonyl (C=O) groups excluding carboxylic acids is 1. The summed E-state index contributed by atoms with van der Waals surface area (Å²) in [6.45, 7) is 0.987. The molecule has 9 heteroatoms. The molecule has 0 saturated heterocycles. The minimum Gasteiger partial charge on any atom is -0.383 e. The van der Waals surface area contributed by atoms with Crippen LogP contribution in [-0.2, 0) is 9.53 Å². The molecule has 0 saturated carbocycles. The van der Waals surface area contributed by atoms with E-state index in [9.17, 15) is 4.79 Å². The molecule has 0 unspecified atom stereocenters. The van der Waals surface area contributed by atoms with Crippen molar-refractivity contribution in [3.8, 4) is 0 Å². The fourth-order valence-corrected chi connectivity index (χ4v) is 1.48. The molecular formula is C9H13Cl2N5O2. The van der Waals surface area contributed by atoms with E-state index in [1.54, 1.807) is 14.2 Å². The number of hydrogen-bond donors (Lipinski definition) is 1. The number of likely N-dealkylation sites (N-methyl/N-ethyl adjacent to an activating group) is 1. The van der Waals surface area contributed by atoms with Gasteiger partial charge in [-0.05, 0) is 23.2 Å². The quantitative estimate of drug-likeness (QED) is 0.764. The van der Waals surface area contributed by atoms with Crippen molar-refractivity contribution in [3.05, 3.63) is 10.6 Å². The van der Waals surface area contributed by atoms with Crippen LogP contribution in [0.2, 0.25) is 10.6 Å². The third kappa shape index (κ3) is 4.99. The van der Waals surface area contributed by atoms with Crippen molar-refractivity contribution in [1.29, 1.82) is 0 Å². The zero-order chi connectivity index (χ0) is 13.5. The first-order chi connectivity index (χ1) is 8.52. The zero-order valence-corrected chi connectivity index (χ0v) is 11.5. The molecule has 0 atom stereocenters. The average molecular weight is 294 g/mol. The number of nitrogens with zero attached hydrogens (tertiary/aromatic N) is 4. The number of amides is 1. The van der Waals surface area contributed by atoms with Crippen LogP contribution in [0.1, 0.15) is 0 Å². The minimum absolute atomic E-state index is 0.0170. The van der Waals surface area contributed by atoms with E-state index >= 15 is 0 Å². The van der Waals surface area contributed by atoms with E-state index in [-0.39, 0.29) is 29.0 Å². The Kier molecular flexibility index (Phi) is 6.03. The molecule has 7 nitrogen and oxygen atoms in total. The number of carbonyl (C=O) groups is 1. The first-order valence-corrected chi connectivity index (χ1v) is 5.82. The highest BCUT2D eigenvalue weighted by Gasteiger charge is 2.11. The first kappa shape index (κ1) is 14.9. The Balaban J connectivity index is 2.53. The number of halogens is 2. The van der Waals surface area contributed by atoms with Crippen LogP contribution in [-0.4, -0.2) is 54.7 Å². The normalized spacial score (nSPS) is 10.2. The molecule has 0 fully saturated rings. The van der Waals surface area contributed by atoms with Crippen molar-refractivity contribution in [3.63, 3.8) is 0 Å². The fourth-order valence-electron chi connectivity index (χ4n) is 1.12. The molecule has 1 aromatic rings. The smallest absolute Gasteiger partial charge is 0.239 e. The molecule has 0 radical (unpaired) electrons. The van der Waals surface area contributed by atoms with Gasteiger partial charge in [0.05, 0.1) is 13.2 Å². The highest BCUT2D eigenvalue weighted by molar-refractivity contribution is 6.31. The Morgan fingerprint density at radius 3 is 2.50 bits per heavy atom. The summed E-state index contributed by atoms with van der Waals surface area (Å²) in [5.41, 5.74) is 0. The largest absolute Gasteiger partial charge is 0.383 e. The number of methoxy groups -OCH3 is 1. The van der Waals surface area contributed by atoms with E-state index in [2.05, 4.69) is 20.3 Å². The van der Waals surface area contributed by atoms with Crippen LogP contribution in [0.25, 0.3) is 0 Å². The second kappa shape index (κ2) is 7.30. The summed E-state index contributed by atoms with van der Waals surface area (Å²) >= 11 is 11.3. The number of aromatic nitrogens is 3. The molecule has 100 valence electrons. The van der Waals surface area contributed by atoms with E-state index in [0.29, 0.717) is 13.2 Å². The lowest BCUT2D eigenvalue weighted by molar-refractivity contribution is -0.119. The van der Waals surface area contributed by atoms with Crippen LogP contribution in [0.4, 0.5) is 5.95 Å². The number of anilines is 1. The molecule has 1 heterocycles. The third-order valence-corrected chi connectivity index (χ3v) is 2.26. The minimum atomic E-state index is -0.179. The van der Waals surface area contributed by atoms with E-state index in [1.807, 2.05) is 0 Å². The van der Waals surface area contributed by atoms with Gasteiger partial charge in [-0.2, -0.15) is 15.0 Å². The van der Waals surface area contributed by atoms with Crippen molar-refractivity contribution < 1.29 is 9.53 Å². The van der Waals surface area contributed by atoms with Gasteiger partial charge in [0.1, 0.15) is 0 Å². The maximum atomic E-state index is 11.5. The summed E-state index contributed by atoms with van der Waals surface area (Å²) in [5, 5.41) is 2.64. The monoisotopic (exact) mass is 293 g/mol. The number of ether oxygens (including phenoxy) is 1. The second-order valence-corrected chi connectivity index (χ2v) is 4.05. The van der Waals surface area contributed by atoms with Crippen LogP contribution >= 0.6 is 23.2 Å². The molecule has 18 heavy (non-hydrogen) atoms. The van der Waals surface area contributed by atoms with Crippen molar-refractivity contribution in [2.24, 2.45) is 0 Å². The van der Waals surface area contributed by atoms with Gasteiger partial charge in [0.15, 0.2) is 0 Å². The summed E-state index contributed by atoms with van der Waals surface area (Å²) < 4.78 is 4.82. The molecule has 1 N–H and O–H groups in total. The van der Waals surface area contributed by atoms with Crippen LogP contribution in [0, 0.1) is 0 Å². The highest BCUT2D eigenvalue weighted by atomic mass is 35.5. The molecule has 0 aliphatic heterocycles. The molecular weight excluding hydrogens is 281 g/mol. The number of rotatable bonds is 6. The molecule has 1 aromatic heterocycles. The Hall–Kier alpha value is -1.18. The number of nitrogens with one attached hydrogen (secondary N) is 1. The lowest BCUT2D eigenvalue weighted by atomic mass is 10.5. The zero-order valence-electron chi connectivity index (χ0n) is 9.98. The summed E-state index contributed by atoms with van der Waals surface area (Å²) in [7, 11) is 3.21. The summed E-state index contributed by atoms with van der Waals surface area (Å²) in [5.74, 6) is 0.0594. The van der Waals surface area contributed by atoms with Crippen LogP contribution in [0.5, 0.6) is 0 Å². The predicted molar refractivity (Wildman–Crippen MR) is 68.0 cm³/mol. The Morgan fingerprint density at radius 1 is 1.33 bits per heavy atom. The Labute approximate surface area is 114 Å². The average Bonchev–Trinajstić information content (AvgIpc) is 2.28. The summed E-state index contributed by atoms with van der Waals surface area (Å²) in [4.78, 5) is 24.4. The Bertz CT molecular complexity index is 398. The van der Waals surface area contributed by atoms with Crippen molar-refractivity contribution in [1.82, 2.24) is 20.3 Å². The molecule has 1 rings (SSSR count). The van der Waals surface area contributed by atoms with Crippen LogP contribution < -0.4 is 10.2 Å². The van der Waals surface area contributed by atoms with Gasteiger partial charge in [-0.3, -0.25) is 4.79 Å². The summed E-state index contributed by atoms with van der Waals surface area (Å²) in [6.07, 6.45) is 0. The predicted octanol–water partition coefficient (Wildman–Crippen LogP) is 0.377. The van der Waals surface area contributed by atoms with E-state index in [1.165, 1.54) is 4.90 Å². The fraction of sp³-hybridized carbons (Fsp3) is 0.556. The SMILES string of the molecule is COCCNC(=O)CN(C)c1nc(Cl)nc(Cl)n1. The van der Waals surface area contributed by atoms with Gasteiger partial charge in [0.25, 0.3) is 0 Å². The molecule has 0 aliphatic carbocycles. The van der Waals surface area contributed by atoms with Gasteiger partial charge in [-0.1, -0.05) is 0 Å². The van der Waals surface area contributed by atoms with Gasteiger partial charge >= 0.3 is 0 Å². The Morgan fingerprint density at radius 2 is 1.94 bits per heavy atom. The molecule has 0 spiro atoms. The lowest BCUT2D eigenvalue weighted by Gasteiger charge is -2.16. The summed E-state index contributed by atoms with van der Waals surface area (Å²) in [6, 6.07) is 0. The van der Waals surface area contributed by atoms with Crippen molar-refractivity contribution in [2.45, 2.75) is 0 Å². The van der Waals surface area contributed by atoms with Gasteiger partial charge in [-0.15, -0.1) is 0 Å². The standard InChI is InChI=1S/C9H13Cl2N5O2/c1-16(5-6(17)12-3-4-18-2)9-14-7(10)13-8(11)15-9/h3-5H2,1-2H3,(H,12,17). The van der Waals surface area contributed by atoms with Crippen molar-refractivity contribution >= 4 is 35.1 Å². The van der Waals surface area contributed by atoms with E-state index in [0.717, 1.165) is 0 Å². The van der Waals surface area contributed by atoms with Gasteiger partial charge < -0.3 is 15.0 Å². The first-order valence-electron chi connectivity index (χ1n) is 5.06. The molecule has 0 aliphatic rings. The molecule has 1 amide bonds. The molecule has 0 aromatic carbocycles. The highest BCUT2D eigenvalue weighted by Crippen LogP contribution is 2.12. The maximum Gasteiger partial charge on any atom is 0.239 e. The van der Waals surface area contributed by atoms with Crippen LogP contribution in [0.15, 0.2) is 0 Å². The maximum absolute atomic E-state index is 11.5.